The lowest BCUT2D eigenvalue weighted by molar-refractivity contribution is 1.17. The number of benzene rings is 11. The average Bonchev–Trinajstić information content (AvgIpc) is 4.11. The van der Waals surface area contributed by atoms with Crippen molar-refractivity contribution in [1.29, 1.82) is 0 Å². The van der Waals surface area contributed by atoms with Crippen molar-refractivity contribution in [3.8, 4) is 44.8 Å². The summed E-state index contributed by atoms with van der Waals surface area (Å²) in [6, 6.07) is 98.3. The van der Waals surface area contributed by atoms with E-state index >= 15 is 0 Å². The predicted octanol–water partition coefficient (Wildman–Crippen LogP) is 18.6. The average molecular weight is 973 g/mol. The molecule has 0 aliphatic rings. The largest absolute Gasteiger partial charge is 0.310 e. The highest BCUT2D eigenvalue weighted by Crippen LogP contribution is 2.43. The van der Waals surface area contributed by atoms with Crippen molar-refractivity contribution in [2.45, 2.75) is 0 Å². The normalized spacial score (nSPS) is 11.4. The van der Waals surface area contributed by atoms with Crippen molar-refractivity contribution < 1.29 is 0 Å². The lowest BCUT2D eigenvalue weighted by Gasteiger charge is -2.25. The first-order chi connectivity index (χ1) is 37.7. The number of fused-ring (bicyclic) bond motifs is 6. The quantitative estimate of drug-likeness (QED) is 0.130. The van der Waals surface area contributed by atoms with Gasteiger partial charge in [-0.25, -0.2) is 9.97 Å². The zero-order chi connectivity index (χ0) is 50.4. The third-order valence-electron chi connectivity index (χ3n) is 14.6. The van der Waals surface area contributed by atoms with E-state index in [0.29, 0.717) is 0 Å². The SMILES string of the molecule is c1ccc(N(c2ccccc2)c2ccc3c(c2)c2ccccc2n3-c2ccc(-c3cc(-c4ccc(-n5c6ccccc6c6cc(N(c7ccccc7)c7ccccc7)ccc65)cc4)cc(-c4cncnc4)c3)cc2)cc1. The molecule has 0 radical (unpaired) electrons. The molecule has 0 bridgehead atoms. The minimum atomic E-state index is 0.962. The molecule has 0 saturated heterocycles. The number of nitrogens with zero attached hydrogens (tertiary/aromatic N) is 6. The molecule has 0 saturated carbocycles. The topological polar surface area (TPSA) is 42.1 Å². The summed E-state index contributed by atoms with van der Waals surface area (Å²) >= 11 is 0. The van der Waals surface area contributed by atoms with Crippen LogP contribution in [-0.4, -0.2) is 19.1 Å². The molecule has 14 rings (SSSR count). The fraction of sp³-hybridized carbons (Fsp3) is 0. The van der Waals surface area contributed by atoms with Crippen molar-refractivity contribution in [2.75, 3.05) is 9.80 Å². The van der Waals surface area contributed by atoms with E-state index in [2.05, 4.69) is 302 Å². The lowest BCUT2D eigenvalue weighted by Crippen LogP contribution is -2.09. The minimum Gasteiger partial charge on any atom is -0.310 e. The summed E-state index contributed by atoms with van der Waals surface area (Å²) in [6.07, 6.45) is 5.37. The number of rotatable bonds is 11. The maximum atomic E-state index is 4.41. The van der Waals surface area contributed by atoms with Gasteiger partial charge in [-0.15, -0.1) is 0 Å². The summed E-state index contributed by atoms with van der Waals surface area (Å²) in [6.45, 7) is 0. The molecule has 0 fully saturated rings. The Morgan fingerprint density at radius 3 is 0.947 bits per heavy atom. The molecule has 0 unspecified atom stereocenters. The molecule has 358 valence electrons. The van der Waals surface area contributed by atoms with E-state index in [1.807, 2.05) is 12.4 Å². The molecular weight excluding hydrogens is 925 g/mol. The van der Waals surface area contributed by atoms with Gasteiger partial charge in [0.25, 0.3) is 0 Å². The fourth-order valence-electron chi connectivity index (χ4n) is 11.1. The van der Waals surface area contributed by atoms with Crippen molar-refractivity contribution in [3.05, 3.63) is 292 Å². The maximum absolute atomic E-state index is 4.41. The highest BCUT2D eigenvalue weighted by Gasteiger charge is 2.20. The van der Waals surface area contributed by atoms with Crippen LogP contribution >= 0.6 is 0 Å². The minimum absolute atomic E-state index is 0.962. The Hall–Kier alpha value is -10.3. The van der Waals surface area contributed by atoms with E-state index in [1.165, 1.54) is 21.5 Å². The molecular formula is C70H48N6. The van der Waals surface area contributed by atoms with Gasteiger partial charge in [-0.3, -0.25) is 0 Å². The fourth-order valence-corrected chi connectivity index (χ4v) is 11.1. The summed E-state index contributed by atoms with van der Waals surface area (Å²) in [5.41, 5.74) is 19.9. The number of para-hydroxylation sites is 6. The third kappa shape index (κ3) is 7.93. The van der Waals surface area contributed by atoms with E-state index in [-0.39, 0.29) is 0 Å². The van der Waals surface area contributed by atoms with Crippen molar-refractivity contribution >= 4 is 77.7 Å². The Bertz CT molecular complexity index is 4020. The number of aromatic nitrogens is 4. The van der Waals surface area contributed by atoms with E-state index in [4.69, 9.17) is 0 Å². The summed E-state index contributed by atoms with van der Waals surface area (Å²) in [5.74, 6) is 0. The van der Waals surface area contributed by atoms with Gasteiger partial charge in [-0.2, -0.15) is 0 Å². The lowest BCUT2D eigenvalue weighted by atomic mass is 9.94. The van der Waals surface area contributed by atoms with Crippen LogP contribution in [-0.2, 0) is 0 Å². The molecule has 0 spiro atoms. The summed E-state index contributed by atoms with van der Waals surface area (Å²) in [7, 11) is 0. The molecule has 11 aromatic carbocycles. The zero-order valence-corrected chi connectivity index (χ0v) is 41.4. The second-order valence-corrected chi connectivity index (χ2v) is 19.1. The van der Waals surface area contributed by atoms with Crippen LogP contribution in [0.1, 0.15) is 0 Å². The Morgan fingerprint density at radius 2 is 0.566 bits per heavy atom. The highest BCUT2D eigenvalue weighted by atomic mass is 15.1. The molecule has 14 aromatic rings. The van der Waals surface area contributed by atoms with Gasteiger partial charge in [-0.05, 0) is 167 Å². The monoisotopic (exact) mass is 972 g/mol. The Labute approximate surface area is 440 Å². The third-order valence-corrected chi connectivity index (χ3v) is 14.6. The molecule has 6 heteroatoms. The standard InChI is InChI=1S/C70H48N6/c1-5-17-55(18-6-1)73(56-19-7-2-8-20-56)61-37-39-69-65(44-61)63-25-13-15-27-67(63)75(69)59-33-29-49(30-34-59)51-41-52(43-53(42-51)54-46-71-48-72-47-54)50-31-35-60(36-32-50)76-68-28-16-14-26-64(68)66-45-62(38-40-70(66)76)74(57-21-9-3-10-22-57)58-23-11-4-12-24-58/h1-48H. The van der Waals surface area contributed by atoms with Gasteiger partial charge in [0, 0.05) is 85.0 Å². The molecule has 3 heterocycles. The van der Waals surface area contributed by atoms with Gasteiger partial charge >= 0.3 is 0 Å². The van der Waals surface area contributed by atoms with E-state index in [0.717, 1.165) is 101 Å². The molecule has 0 aliphatic heterocycles. The van der Waals surface area contributed by atoms with Gasteiger partial charge in [0.05, 0.1) is 22.1 Å². The van der Waals surface area contributed by atoms with Crippen LogP contribution in [0.4, 0.5) is 34.1 Å². The molecule has 76 heavy (non-hydrogen) atoms. The van der Waals surface area contributed by atoms with Crippen molar-refractivity contribution in [1.82, 2.24) is 19.1 Å². The van der Waals surface area contributed by atoms with E-state index in [9.17, 15) is 0 Å². The smallest absolute Gasteiger partial charge is 0.115 e. The first-order valence-corrected chi connectivity index (χ1v) is 25.7. The van der Waals surface area contributed by atoms with Gasteiger partial charge in [0.1, 0.15) is 6.33 Å². The molecule has 0 amide bonds. The molecule has 0 N–H and O–H groups in total. The van der Waals surface area contributed by atoms with Crippen LogP contribution in [0.5, 0.6) is 0 Å². The van der Waals surface area contributed by atoms with Crippen LogP contribution in [0.25, 0.3) is 88.4 Å². The van der Waals surface area contributed by atoms with Crippen molar-refractivity contribution in [3.63, 3.8) is 0 Å². The zero-order valence-electron chi connectivity index (χ0n) is 41.4. The Balaban J connectivity index is 0.826. The number of hydrogen-bond acceptors (Lipinski definition) is 4. The van der Waals surface area contributed by atoms with Crippen LogP contribution in [0, 0.1) is 0 Å². The second-order valence-electron chi connectivity index (χ2n) is 19.1. The molecule has 0 aliphatic carbocycles. The number of hydrogen-bond donors (Lipinski definition) is 0. The van der Waals surface area contributed by atoms with Gasteiger partial charge in [0.15, 0.2) is 0 Å². The Morgan fingerprint density at radius 1 is 0.237 bits per heavy atom. The van der Waals surface area contributed by atoms with Crippen LogP contribution in [0.15, 0.2) is 292 Å². The van der Waals surface area contributed by atoms with Gasteiger partial charge in [-0.1, -0.05) is 133 Å². The van der Waals surface area contributed by atoms with E-state index in [1.54, 1.807) is 6.33 Å². The Kier molecular flexibility index (Phi) is 11.1. The maximum Gasteiger partial charge on any atom is 0.115 e. The first-order valence-electron chi connectivity index (χ1n) is 25.7. The van der Waals surface area contributed by atoms with E-state index < -0.39 is 0 Å². The van der Waals surface area contributed by atoms with Crippen molar-refractivity contribution in [2.24, 2.45) is 0 Å². The second kappa shape index (κ2) is 19.0. The summed E-state index contributed by atoms with van der Waals surface area (Å²) in [5, 5.41) is 4.81. The first kappa shape index (κ1) is 44.4. The molecule has 0 atom stereocenters. The van der Waals surface area contributed by atoms with Gasteiger partial charge < -0.3 is 18.9 Å². The van der Waals surface area contributed by atoms with Gasteiger partial charge in [0.2, 0.25) is 0 Å². The summed E-state index contributed by atoms with van der Waals surface area (Å²) < 4.78 is 4.77. The van der Waals surface area contributed by atoms with Crippen LogP contribution in [0.2, 0.25) is 0 Å². The molecule has 3 aromatic heterocycles. The molecule has 6 nitrogen and oxygen atoms in total. The number of anilines is 6. The summed E-state index contributed by atoms with van der Waals surface area (Å²) in [4.78, 5) is 13.5. The predicted molar refractivity (Wildman–Crippen MR) is 316 cm³/mol. The van der Waals surface area contributed by atoms with Crippen LogP contribution < -0.4 is 9.80 Å². The highest BCUT2D eigenvalue weighted by molar-refractivity contribution is 6.12. The van der Waals surface area contributed by atoms with Crippen LogP contribution in [0.3, 0.4) is 0 Å².